The SMILES string of the molecule is CC(C)(C)NC(=O)c1ccc(NCCCCCNS(=O)(=O)C(C)(C)C)cc1. The summed E-state index contributed by atoms with van der Waals surface area (Å²) >= 11 is 0. The molecule has 0 heterocycles. The summed E-state index contributed by atoms with van der Waals surface area (Å²) in [6, 6.07) is 7.42. The normalized spacial score (nSPS) is 12.7. The summed E-state index contributed by atoms with van der Waals surface area (Å²) in [6.45, 7) is 12.2. The van der Waals surface area contributed by atoms with Gasteiger partial charge in [-0.25, -0.2) is 13.1 Å². The molecule has 0 aliphatic rings. The Morgan fingerprint density at radius 3 is 1.96 bits per heavy atom. The van der Waals surface area contributed by atoms with Gasteiger partial charge in [0.2, 0.25) is 10.0 Å². The highest BCUT2D eigenvalue weighted by molar-refractivity contribution is 7.90. The van der Waals surface area contributed by atoms with E-state index in [1.165, 1.54) is 0 Å². The van der Waals surface area contributed by atoms with Crippen LogP contribution < -0.4 is 15.4 Å². The van der Waals surface area contributed by atoms with Crippen molar-refractivity contribution in [3.8, 4) is 0 Å². The quantitative estimate of drug-likeness (QED) is 0.557. The lowest BCUT2D eigenvalue weighted by Crippen LogP contribution is -2.40. The second kappa shape index (κ2) is 9.55. The Balaban J connectivity index is 2.27. The maximum Gasteiger partial charge on any atom is 0.251 e. The van der Waals surface area contributed by atoms with E-state index >= 15 is 0 Å². The van der Waals surface area contributed by atoms with Crippen LogP contribution in [0.2, 0.25) is 0 Å². The lowest BCUT2D eigenvalue weighted by molar-refractivity contribution is 0.0919. The Kier molecular flexibility index (Phi) is 8.29. The molecule has 1 rings (SSSR count). The van der Waals surface area contributed by atoms with Crippen LogP contribution in [0.5, 0.6) is 0 Å². The first-order valence-corrected chi connectivity index (χ1v) is 11.0. The first-order chi connectivity index (χ1) is 12.3. The van der Waals surface area contributed by atoms with Gasteiger partial charge in [-0.2, -0.15) is 0 Å². The molecule has 0 spiro atoms. The van der Waals surface area contributed by atoms with Gasteiger partial charge in [0.25, 0.3) is 5.91 Å². The predicted molar refractivity (Wildman–Crippen MR) is 113 cm³/mol. The van der Waals surface area contributed by atoms with Crippen molar-refractivity contribution in [3.63, 3.8) is 0 Å². The van der Waals surface area contributed by atoms with E-state index in [-0.39, 0.29) is 11.4 Å². The molecule has 0 radical (unpaired) electrons. The average molecular weight is 398 g/mol. The van der Waals surface area contributed by atoms with Crippen LogP contribution in [0, 0.1) is 0 Å². The molecule has 7 heteroatoms. The molecule has 0 aliphatic carbocycles. The number of hydrogen-bond donors (Lipinski definition) is 3. The first kappa shape index (κ1) is 23.4. The van der Waals surface area contributed by atoms with Crippen LogP contribution in [0.25, 0.3) is 0 Å². The lowest BCUT2D eigenvalue weighted by atomic mass is 10.1. The van der Waals surface area contributed by atoms with E-state index in [9.17, 15) is 13.2 Å². The van der Waals surface area contributed by atoms with Gasteiger partial charge in [0, 0.05) is 29.9 Å². The zero-order chi connectivity index (χ0) is 20.7. The molecule has 3 N–H and O–H groups in total. The zero-order valence-corrected chi connectivity index (χ0v) is 18.3. The summed E-state index contributed by atoms with van der Waals surface area (Å²) in [5, 5.41) is 6.26. The Morgan fingerprint density at radius 1 is 0.889 bits per heavy atom. The van der Waals surface area contributed by atoms with Crippen molar-refractivity contribution < 1.29 is 13.2 Å². The molecule has 6 nitrogen and oxygen atoms in total. The number of carbonyl (C=O) groups excluding carboxylic acids is 1. The fourth-order valence-electron chi connectivity index (χ4n) is 2.23. The van der Waals surface area contributed by atoms with Gasteiger partial charge in [-0.15, -0.1) is 0 Å². The summed E-state index contributed by atoms with van der Waals surface area (Å²) in [4.78, 5) is 12.1. The molecule has 0 aromatic heterocycles. The van der Waals surface area contributed by atoms with E-state index in [0.29, 0.717) is 12.1 Å². The smallest absolute Gasteiger partial charge is 0.251 e. The number of amides is 1. The Labute approximate surface area is 164 Å². The van der Waals surface area contributed by atoms with Crippen molar-refractivity contribution in [2.45, 2.75) is 71.1 Å². The second-order valence-electron chi connectivity index (χ2n) is 8.78. The van der Waals surface area contributed by atoms with Crippen molar-refractivity contribution >= 4 is 21.6 Å². The highest BCUT2D eigenvalue weighted by atomic mass is 32.2. The van der Waals surface area contributed by atoms with E-state index < -0.39 is 14.8 Å². The third-order valence-electron chi connectivity index (χ3n) is 3.92. The third-order valence-corrected chi connectivity index (χ3v) is 6.11. The highest BCUT2D eigenvalue weighted by Gasteiger charge is 2.27. The van der Waals surface area contributed by atoms with E-state index in [2.05, 4.69) is 15.4 Å². The molecule has 0 saturated carbocycles. The van der Waals surface area contributed by atoms with Gasteiger partial charge >= 0.3 is 0 Å². The minimum atomic E-state index is -3.25. The molecule has 1 aromatic rings. The van der Waals surface area contributed by atoms with Crippen LogP contribution in [0.3, 0.4) is 0 Å². The molecular weight excluding hydrogens is 362 g/mol. The number of carbonyl (C=O) groups is 1. The van der Waals surface area contributed by atoms with Gasteiger partial charge in [0.05, 0.1) is 4.75 Å². The van der Waals surface area contributed by atoms with Crippen molar-refractivity contribution in [2.75, 3.05) is 18.4 Å². The number of hydrogen-bond acceptors (Lipinski definition) is 4. The molecule has 0 bridgehead atoms. The summed E-state index contributed by atoms with van der Waals surface area (Å²) < 4.78 is 25.7. The molecule has 1 amide bonds. The third kappa shape index (κ3) is 8.75. The maximum atomic E-state index is 12.1. The van der Waals surface area contributed by atoms with Crippen molar-refractivity contribution in [2.24, 2.45) is 0 Å². The second-order valence-corrected chi connectivity index (χ2v) is 11.3. The van der Waals surface area contributed by atoms with Crippen molar-refractivity contribution in [3.05, 3.63) is 29.8 Å². The van der Waals surface area contributed by atoms with Crippen LogP contribution in [0.1, 0.15) is 71.2 Å². The topological polar surface area (TPSA) is 87.3 Å². The van der Waals surface area contributed by atoms with Crippen molar-refractivity contribution in [1.29, 1.82) is 0 Å². The first-order valence-electron chi connectivity index (χ1n) is 9.47. The van der Waals surface area contributed by atoms with Gasteiger partial charge < -0.3 is 10.6 Å². The van der Waals surface area contributed by atoms with E-state index in [4.69, 9.17) is 0 Å². The zero-order valence-electron chi connectivity index (χ0n) is 17.5. The summed E-state index contributed by atoms with van der Waals surface area (Å²) in [5.41, 5.74) is 1.35. The number of benzene rings is 1. The summed E-state index contributed by atoms with van der Waals surface area (Å²) in [6.07, 6.45) is 2.69. The van der Waals surface area contributed by atoms with E-state index in [0.717, 1.165) is 31.5 Å². The fourth-order valence-corrected chi connectivity index (χ4v) is 3.08. The van der Waals surface area contributed by atoms with Crippen LogP contribution in [0.4, 0.5) is 5.69 Å². The van der Waals surface area contributed by atoms with Crippen LogP contribution in [0.15, 0.2) is 24.3 Å². The Morgan fingerprint density at radius 2 is 1.44 bits per heavy atom. The molecule has 0 fully saturated rings. The average Bonchev–Trinajstić information content (AvgIpc) is 2.51. The maximum absolute atomic E-state index is 12.1. The highest BCUT2D eigenvalue weighted by Crippen LogP contribution is 2.13. The van der Waals surface area contributed by atoms with Gasteiger partial charge in [-0.3, -0.25) is 4.79 Å². The minimum absolute atomic E-state index is 0.0771. The lowest BCUT2D eigenvalue weighted by Gasteiger charge is -2.20. The molecule has 154 valence electrons. The van der Waals surface area contributed by atoms with Crippen molar-refractivity contribution in [1.82, 2.24) is 10.0 Å². The largest absolute Gasteiger partial charge is 0.385 e. The van der Waals surface area contributed by atoms with E-state index in [1.54, 1.807) is 20.8 Å². The van der Waals surface area contributed by atoms with Crippen LogP contribution >= 0.6 is 0 Å². The van der Waals surface area contributed by atoms with Gasteiger partial charge in [-0.1, -0.05) is 6.42 Å². The molecule has 27 heavy (non-hydrogen) atoms. The number of nitrogens with one attached hydrogen (secondary N) is 3. The number of sulfonamides is 1. The monoisotopic (exact) mass is 397 g/mol. The predicted octanol–water partition coefficient (Wildman–Crippen LogP) is 3.52. The number of anilines is 1. The molecule has 0 saturated heterocycles. The minimum Gasteiger partial charge on any atom is -0.385 e. The van der Waals surface area contributed by atoms with Crippen LogP contribution in [-0.2, 0) is 10.0 Å². The summed E-state index contributed by atoms with van der Waals surface area (Å²) in [5.74, 6) is -0.0771. The number of unbranched alkanes of at least 4 members (excludes halogenated alkanes) is 2. The molecule has 0 unspecified atom stereocenters. The molecule has 0 aliphatic heterocycles. The Bertz CT molecular complexity index is 699. The molecule has 0 atom stereocenters. The fraction of sp³-hybridized carbons (Fsp3) is 0.650. The van der Waals surface area contributed by atoms with Crippen LogP contribution in [-0.4, -0.2) is 37.7 Å². The van der Waals surface area contributed by atoms with Gasteiger partial charge in [-0.05, 0) is 78.6 Å². The standard InChI is InChI=1S/C20H35N3O3S/c1-19(2,3)23-18(24)16-10-12-17(13-11-16)21-14-8-7-9-15-22-27(25,26)20(4,5)6/h10-13,21-22H,7-9,14-15H2,1-6H3,(H,23,24). The Hall–Kier alpha value is -1.60. The number of rotatable bonds is 9. The van der Waals surface area contributed by atoms with Gasteiger partial charge in [0.15, 0.2) is 0 Å². The molecular formula is C20H35N3O3S. The molecule has 1 aromatic carbocycles. The van der Waals surface area contributed by atoms with Gasteiger partial charge in [0.1, 0.15) is 0 Å². The summed E-state index contributed by atoms with van der Waals surface area (Å²) in [7, 11) is -3.25. The van der Waals surface area contributed by atoms with E-state index in [1.807, 2.05) is 45.0 Å².